The lowest BCUT2D eigenvalue weighted by molar-refractivity contribution is 0.0672. The number of benzene rings is 2. The maximum atomic E-state index is 15.4. The number of aromatic nitrogens is 1. The van der Waals surface area contributed by atoms with Crippen molar-refractivity contribution in [3.05, 3.63) is 65.9 Å². The number of rotatable bonds is 10. The van der Waals surface area contributed by atoms with Gasteiger partial charge in [0.2, 0.25) is 0 Å². The van der Waals surface area contributed by atoms with E-state index in [-0.39, 0.29) is 12.5 Å². The summed E-state index contributed by atoms with van der Waals surface area (Å²) in [6.45, 7) is 5.24. The van der Waals surface area contributed by atoms with E-state index in [9.17, 15) is 5.11 Å². The first-order chi connectivity index (χ1) is 16.6. The summed E-state index contributed by atoms with van der Waals surface area (Å²) < 4.78 is 20.7. The fourth-order valence-corrected chi connectivity index (χ4v) is 6.05. The van der Waals surface area contributed by atoms with Gasteiger partial charge in [0.1, 0.15) is 11.9 Å². The summed E-state index contributed by atoms with van der Waals surface area (Å²) in [4.78, 5) is 8.17. The normalized spacial score (nSPS) is 19.9. The van der Waals surface area contributed by atoms with Crippen molar-refractivity contribution in [2.45, 2.75) is 37.3 Å². The first-order valence-corrected chi connectivity index (χ1v) is 13.2. The lowest BCUT2D eigenvalue weighted by atomic mass is 9.81. The van der Waals surface area contributed by atoms with Gasteiger partial charge < -0.3 is 14.7 Å². The molecule has 1 fully saturated rings. The van der Waals surface area contributed by atoms with Crippen molar-refractivity contribution in [3.63, 3.8) is 0 Å². The highest BCUT2D eigenvalue weighted by Crippen LogP contribution is 2.35. The highest BCUT2D eigenvalue weighted by molar-refractivity contribution is 7.99. The molecule has 3 atom stereocenters. The third kappa shape index (κ3) is 6.09. The molecule has 0 aliphatic carbocycles. The lowest BCUT2D eigenvalue weighted by Gasteiger charge is -2.38. The van der Waals surface area contributed by atoms with E-state index >= 15 is 4.39 Å². The first-order valence-electron chi connectivity index (χ1n) is 12.2. The van der Waals surface area contributed by atoms with Crippen molar-refractivity contribution in [1.82, 2.24) is 9.88 Å². The Kier molecular flexibility index (Phi) is 8.81. The summed E-state index contributed by atoms with van der Waals surface area (Å²) in [5, 5.41) is 10.9. The summed E-state index contributed by atoms with van der Waals surface area (Å²) in [5.74, 6) is 2.31. The van der Waals surface area contributed by atoms with Gasteiger partial charge in [0.25, 0.3) is 0 Å². The molecule has 0 amide bonds. The zero-order valence-corrected chi connectivity index (χ0v) is 20.9. The van der Waals surface area contributed by atoms with Crippen molar-refractivity contribution in [1.29, 1.82) is 0 Å². The monoisotopic (exact) mass is 482 g/mol. The SMILES string of the molecule is COc1ccc2nccc([C@H](F)CC[C@@H]3CCN(CCSc4ccccc4C)C[C@@H]3CO)c2c1. The average Bonchev–Trinajstić information content (AvgIpc) is 2.88. The number of piperidine rings is 1. The molecule has 34 heavy (non-hydrogen) atoms. The number of thioether (sulfide) groups is 1. The topological polar surface area (TPSA) is 45.6 Å². The number of fused-ring (bicyclic) bond motifs is 1. The fourth-order valence-electron chi connectivity index (χ4n) is 5.01. The van der Waals surface area contributed by atoms with Crippen molar-refractivity contribution < 1.29 is 14.2 Å². The number of pyridine rings is 1. The summed E-state index contributed by atoms with van der Waals surface area (Å²) in [6, 6.07) is 15.9. The molecule has 2 aromatic carbocycles. The minimum atomic E-state index is -1.06. The first kappa shape index (κ1) is 25.0. The molecule has 2 heterocycles. The van der Waals surface area contributed by atoms with Crippen LogP contribution >= 0.6 is 11.8 Å². The van der Waals surface area contributed by atoms with Crippen molar-refractivity contribution in [2.24, 2.45) is 11.8 Å². The standard InChI is InChI=1S/C28H35FN2O2S/c1-20-5-3-4-6-28(20)34-16-15-31-14-12-21(22(18-31)19-32)7-9-26(29)24-11-13-30-27-10-8-23(33-2)17-25(24)27/h3-6,8,10-11,13,17,21-22,26,32H,7,9,12,14-16,18-19H2,1-2H3/t21-,22-,26-/m1/s1. The largest absolute Gasteiger partial charge is 0.497 e. The molecule has 3 aromatic rings. The number of aliphatic hydroxyl groups excluding tert-OH is 1. The number of likely N-dealkylation sites (tertiary alicyclic amines) is 1. The van der Waals surface area contributed by atoms with Crippen LogP contribution in [0.1, 0.15) is 36.6 Å². The van der Waals surface area contributed by atoms with Gasteiger partial charge in [0.15, 0.2) is 0 Å². The average molecular weight is 483 g/mol. The van der Waals surface area contributed by atoms with Gasteiger partial charge in [-0.25, -0.2) is 4.39 Å². The summed E-state index contributed by atoms with van der Waals surface area (Å²) in [6.07, 6.45) is 2.88. The molecule has 0 unspecified atom stereocenters. The highest BCUT2D eigenvalue weighted by Gasteiger charge is 2.29. The van der Waals surface area contributed by atoms with E-state index < -0.39 is 6.17 Å². The number of nitrogens with zero attached hydrogens (tertiary/aromatic N) is 2. The van der Waals surface area contributed by atoms with Crippen LogP contribution in [0.5, 0.6) is 5.75 Å². The second-order valence-corrected chi connectivity index (χ2v) is 10.4. The maximum absolute atomic E-state index is 15.4. The van der Waals surface area contributed by atoms with Crippen LogP contribution in [-0.4, -0.2) is 54.1 Å². The zero-order chi connectivity index (χ0) is 23.9. The van der Waals surface area contributed by atoms with Crippen LogP contribution in [-0.2, 0) is 0 Å². The molecular weight excluding hydrogens is 447 g/mol. The Morgan fingerprint density at radius 1 is 1.21 bits per heavy atom. The van der Waals surface area contributed by atoms with E-state index in [2.05, 4.69) is 41.1 Å². The van der Waals surface area contributed by atoms with E-state index in [0.717, 1.165) is 49.1 Å². The second kappa shape index (κ2) is 12.0. The molecule has 182 valence electrons. The van der Waals surface area contributed by atoms with E-state index in [1.807, 2.05) is 30.0 Å². The molecule has 1 aromatic heterocycles. The van der Waals surface area contributed by atoms with E-state index in [0.29, 0.717) is 23.7 Å². The van der Waals surface area contributed by atoms with Gasteiger partial charge in [-0.3, -0.25) is 4.98 Å². The van der Waals surface area contributed by atoms with Crippen molar-refractivity contribution >= 4 is 22.7 Å². The minimum Gasteiger partial charge on any atom is -0.497 e. The number of hydrogen-bond donors (Lipinski definition) is 1. The maximum Gasteiger partial charge on any atom is 0.126 e. The predicted octanol–water partition coefficient (Wildman–Crippen LogP) is 6.07. The Hall–Kier alpha value is -2.15. The van der Waals surface area contributed by atoms with Gasteiger partial charge in [-0.1, -0.05) is 18.2 Å². The number of hydrogen-bond acceptors (Lipinski definition) is 5. The predicted molar refractivity (Wildman–Crippen MR) is 138 cm³/mol. The molecule has 0 radical (unpaired) electrons. The zero-order valence-electron chi connectivity index (χ0n) is 20.1. The number of halogens is 1. The number of ether oxygens (including phenoxy) is 1. The Morgan fingerprint density at radius 2 is 2.06 bits per heavy atom. The molecule has 4 nitrogen and oxygen atoms in total. The number of methoxy groups -OCH3 is 1. The van der Waals surface area contributed by atoms with Crippen molar-refractivity contribution in [2.75, 3.05) is 39.1 Å². The lowest BCUT2D eigenvalue weighted by Crippen LogP contribution is -2.43. The molecular formula is C28H35FN2O2S. The molecule has 1 saturated heterocycles. The van der Waals surface area contributed by atoms with Crippen LogP contribution in [0.2, 0.25) is 0 Å². The molecule has 0 spiro atoms. The molecule has 6 heteroatoms. The van der Waals surface area contributed by atoms with Crippen LogP contribution in [0.25, 0.3) is 10.9 Å². The van der Waals surface area contributed by atoms with Gasteiger partial charge in [0, 0.05) is 41.9 Å². The highest BCUT2D eigenvalue weighted by atomic mass is 32.2. The Morgan fingerprint density at radius 3 is 2.85 bits per heavy atom. The van der Waals surface area contributed by atoms with Crippen LogP contribution in [0.15, 0.2) is 59.6 Å². The number of alkyl halides is 1. The van der Waals surface area contributed by atoms with E-state index in [1.165, 1.54) is 10.5 Å². The van der Waals surface area contributed by atoms with Gasteiger partial charge >= 0.3 is 0 Å². The summed E-state index contributed by atoms with van der Waals surface area (Å²) >= 11 is 1.90. The van der Waals surface area contributed by atoms with Crippen molar-refractivity contribution in [3.8, 4) is 5.75 Å². The third-order valence-electron chi connectivity index (χ3n) is 7.08. The van der Waals surface area contributed by atoms with Gasteiger partial charge in [0.05, 0.1) is 12.6 Å². The summed E-state index contributed by atoms with van der Waals surface area (Å²) in [7, 11) is 1.62. The second-order valence-electron chi connectivity index (χ2n) is 9.23. The Balaban J connectivity index is 1.30. The van der Waals surface area contributed by atoms with E-state index in [4.69, 9.17) is 4.74 Å². The molecule has 1 aliphatic rings. The van der Waals surface area contributed by atoms with Gasteiger partial charge in [-0.2, -0.15) is 0 Å². The Labute approximate surface area is 206 Å². The van der Waals surface area contributed by atoms with Gasteiger partial charge in [-0.15, -0.1) is 11.8 Å². The van der Waals surface area contributed by atoms with E-state index in [1.54, 1.807) is 19.4 Å². The van der Waals surface area contributed by atoms with Crippen LogP contribution in [0, 0.1) is 18.8 Å². The number of aryl methyl sites for hydroxylation is 1. The Bertz CT molecular complexity index is 1080. The molecule has 0 saturated carbocycles. The van der Waals surface area contributed by atoms with Crippen LogP contribution in [0.4, 0.5) is 4.39 Å². The minimum absolute atomic E-state index is 0.165. The summed E-state index contributed by atoms with van der Waals surface area (Å²) in [5.41, 5.74) is 2.78. The van der Waals surface area contributed by atoms with Crippen LogP contribution < -0.4 is 4.74 Å². The fraction of sp³-hybridized carbons (Fsp3) is 0.464. The smallest absolute Gasteiger partial charge is 0.126 e. The quantitative estimate of drug-likeness (QED) is 0.356. The molecule has 1 N–H and O–H groups in total. The van der Waals surface area contributed by atoms with Crippen LogP contribution in [0.3, 0.4) is 0 Å². The number of aliphatic hydroxyl groups is 1. The third-order valence-corrected chi connectivity index (χ3v) is 8.24. The molecule has 4 rings (SSSR count). The molecule has 0 bridgehead atoms. The van der Waals surface area contributed by atoms with Gasteiger partial charge in [-0.05, 0) is 86.0 Å². The molecule has 1 aliphatic heterocycles.